The van der Waals surface area contributed by atoms with Crippen LogP contribution in [-0.2, 0) is 6.54 Å². The van der Waals surface area contributed by atoms with Crippen molar-refractivity contribution < 1.29 is 0 Å². The fourth-order valence-corrected chi connectivity index (χ4v) is 3.34. The van der Waals surface area contributed by atoms with Crippen LogP contribution in [0.25, 0.3) is 32.6 Å². The van der Waals surface area contributed by atoms with Crippen LogP contribution in [-0.4, -0.2) is 9.55 Å². The van der Waals surface area contributed by atoms with Crippen molar-refractivity contribution in [1.82, 2.24) is 9.55 Å². The van der Waals surface area contributed by atoms with Crippen molar-refractivity contribution >= 4 is 32.6 Å². The molecule has 0 saturated carbocycles. The highest BCUT2D eigenvalue weighted by Crippen LogP contribution is 2.36. The smallest absolute Gasteiger partial charge is 0.109 e. The van der Waals surface area contributed by atoms with Gasteiger partial charge in [-0.2, -0.15) is 5.26 Å². The minimum atomic E-state index is 0.368. The van der Waals surface area contributed by atoms with Crippen molar-refractivity contribution in [2.75, 3.05) is 0 Å². The quantitative estimate of drug-likeness (QED) is 0.517. The summed E-state index contributed by atoms with van der Waals surface area (Å²) in [7, 11) is 0. The Hall–Kier alpha value is -2.86. The van der Waals surface area contributed by atoms with Crippen molar-refractivity contribution in [2.45, 2.75) is 20.4 Å². The number of hydrogen-bond donors (Lipinski definition) is 0. The summed E-state index contributed by atoms with van der Waals surface area (Å²) in [5.41, 5.74) is 4.57. The number of fused-ring (bicyclic) bond motifs is 4. The van der Waals surface area contributed by atoms with E-state index in [0.717, 1.165) is 11.0 Å². The molecular formula is C19H15N3. The van der Waals surface area contributed by atoms with Crippen LogP contribution in [0.15, 0.2) is 42.7 Å². The molecule has 106 valence electrons. The molecule has 0 aliphatic rings. The Bertz CT molecular complexity index is 1080. The van der Waals surface area contributed by atoms with Gasteiger partial charge in [-0.25, -0.2) is 4.98 Å². The number of benzene rings is 2. The number of hydrogen-bond acceptors (Lipinski definition) is 2. The summed E-state index contributed by atoms with van der Waals surface area (Å²) in [4.78, 5) is 4.83. The first-order valence-corrected chi connectivity index (χ1v) is 7.35. The number of aromatic nitrogens is 2. The topological polar surface area (TPSA) is 41.6 Å². The van der Waals surface area contributed by atoms with E-state index < -0.39 is 0 Å². The zero-order valence-corrected chi connectivity index (χ0v) is 12.6. The SMILES string of the molecule is Cc1c2ccn(CC#N)cc2c(C)c2c1nc1ccccc12. The minimum absolute atomic E-state index is 0.368. The summed E-state index contributed by atoms with van der Waals surface area (Å²) in [5.74, 6) is 0. The lowest BCUT2D eigenvalue weighted by Gasteiger charge is -2.11. The lowest BCUT2D eigenvalue weighted by Crippen LogP contribution is -1.97. The number of nitriles is 1. The summed E-state index contributed by atoms with van der Waals surface area (Å²) in [6.45, 7) is 4.64. The predicted octanol–water partition coefficient (Wildman–Crippen LogP) is 4.48. The lowest BCUT2D eigenvalue weighted by atomic mass is 9.97. The summed E-state index contributed by atoms with van der Waals surface area (Å²) < 4.78 is 1.93. The maximum Gasteiger partial charge on any atom is 0.109 e. The summed E-state index contributed by atoms with van der Waals surface area (Å²) >= 11 is 0. The maximum atomic E-state index is 8.91. The van der Waals surface area contributed by atoms with Gasteiger partial charge in [-0.3, -0.25) is 0 Å². The van der Waals surface area contributed by atoms with Gasteiger partial charge in [0.05, 0.1) is 17.1 Å². The van der Waals surface area contributed by atoms with E-state index in [9.17, 15) is 0 Å². The molecule has 0 N–H and O–H groups in total. The van der Waals surface area contributed by atoms with Gasteiger partial charge in [0.25, 0.3) is 0 Å². The van der Waals surface area contributed by atoms with E-state index >= 15 is 0 Å². The third-order valence-corrected chi connectivity index (χ3v) is 4.45. The van der Waals surface area contributed by atoms with E-state index in [1.165, 1.54) is 32.7 Å². The van der Waals surface area contributed by atoms with Gasteiger partial charge in [-0.15, -0.1) is 0 Å². The Morgan fingerprint density at radius 3 is 2.68 bits per heavy atom. The molecule has 0 aliphatic carbocycles. The van der Waals surface area contributed by atoms with Crippen LogP contribution in [0.4, 0.5) is 0 Å². The Morgan fingerprint density at radius 2 is 1.86 bits per heavy atom. The third-order valence-electron chi connectivity index (χ3n) is 4.45. The van der Waals surface area contributed by atoms with Crippen LogP contribution in [0, 0.1) is 25.2 Å². The number of nitrogens with zero attached hydrogens (tertiary/aromatic N) is 3. The molecular weight excluding hydrogens is 270 g/mol. The van der Waals surface area contributed by atoms with E-state index in [1.807, 2.05) is 16.8 Å². The molecule has 4 rings (SSSR count). The molecule has 0 spiro atoms. The highest BCUT2D eigenvalue weighted by atomic mass is 14.9. The maximum absolute atomic E-state index is 8.91. The van der Waals surface area contributed by atoms with Crippen molar-refractivity contribution in [2.24, 2.45) is 0 Å². The van der Waals surface area contributed by atoms with E-state index in [4.69, 9.17) is 10.2 Å². The molecule has 0 unspecified atom stereocenters. The zero-order valence-electron chi connectivity index (χ0n) is 12.6. The van der Waals surface area contributed by atoms with Gasteiger partial charge in [-0.05, 0) is 42.5 Å². The highest BCUT2D eigenvalue weighted by molar-refractivity contribution is 6.16. The molecule has 4 aromatic rings. The van der Waals surface area contributed by atoms with Crippen LogP contribution >= 0.6 is 0 Å². The van der Waals surface area contributed by atoms with Gasteiger partial charge in [0.2, 0.25) is 0 Å². The molecule has 2 heterocycles. The summed E-state index contributed by atoms with van der Waals surface area (Å²) in [5, 5.41) is 13.8. The first-order chi connectivity index (χ1) is 10.7. The monoisotopic (exact) mass is 285 g/mol. The average molecular weight is 285 g/mol. The largest absolute Gasteiger partial charge is 0.340 e. The Kier molecular flexibility index (Phi) is 2.67. The van der Waals surface area contributed by atoms with Crippen LogP contribution in [0.3, 0.4) is 0 Å². The van der Waals surface area contributed by atoms with Crippen molar-refractivity contribution in [3.63, 3.8) is 0 Å². The standard InChI is InChI=1S/C19H15N3/c1-12-16-11-22(10-8-20)9-7-14(16)13(2)19-18(12)15-5-3-4-6-17(15)21-19/h3-7,9,11H,10H2,1-2H3. The van der Waals surface area contributed by atoms with Gasteiger partial charge >= 0.3 is 0 Å². The Morgan fingerprint density at radius 1 is 1.05 bits per heavy atom. The van der Waals surface area contributed by atoms with Crippen LogP contribution < -0.4 is 0 Å². The molecule has 0 fully saturated rings. The molecule has 3 heteroatoms. The second kappa shape index (κ2) is 4.57. The summed E-state index contributed by atoms with van der Waals surface area (Å²) in [6, 6.07) is 12.6. The molecule has 3 nitrogen and oxygen atoms in total. The van der Waals surface area contributed by atoms with E-state index in [0.29, 0.717) is 6.54 Å². The van der Waals surface area contributed by atoms with Gasteiger partial charge in [0, 0.05) is 28.6 Å². The number of para-hydroxylation sites is 1. The molecule has 22 heavy (non-hydrogen) atoms. The first-order valence-electron chi connectivity index (χ1n) is 7.35. The number of aryl methyl sites for hydroxylation is 2. The minimum Gasteiger partial charge on any atom is -0.340 e. The second-order valence-corrected chi connectivity index (χ2v) is 5.71. The van der Waals surface area contributed by atoms with Gasteiger partial charge < -0.3 is 4.57 Å². The van der Waals surface area contributed by atoms with Crippen molar-refractivity contribution in [3.05, 3.63) is 53.9 Å². The summed E-state index contributed by atoms with van der Waals surface area (Å²) in [6.07, 6.45) is 4.04. The lowest BCUT2D eigenvalue weighted by molar-refractivity contribution is 0.830. The van der Waals surface area contributed by atoms with Crippen molar-refractivity contribution in [1.29, 1.82) is 5.26 Å². The molecule has 0 radical (unpaired) electrons. The molecule has 0 bridgehead atoms. The van der Waals surface area contributed by atoms with Crippen molar-refractivity contribution in [3.8, 4) is 6.07 Å². The Labute approximate surface area is 128 Å². The van der Waals surface area contributed by atoms with Crippen LogP contribution in [0.5, 0.6) is 0 Å². The van der Waals surface area contributed by atoms with Gasteiger partial charge in [0.15, 0.2) is 0 Å². The molecule has 2 aromatic heterocycles. The molecule has 0 aliphatic heterocycles. The number of pyridine rings is 1. The van der Waals surface area contributed by atoms with Gasteiger partial charge in [-0.1, -0.05) is 18.2 Å². The number of rotatable bonds is 1. The first kappa shape index (κ1) is 12.8. The van der Waals surface area contributed by atoms with Crippen LogP contribution in [0.2, 0.25) is 0 Å². The van der Waals surface area contributed by atoms with E-state index in [2.05, 4.69) is 50.4 Å². The second-order valence-electron chi connectivity index (χ2n) is 5.71. The normalized spacial score (nSPS) is 11.3. The predicted molar refractivity (Wildman–Crippen MR) is 89.8 cm³/mol. The third kappa shape index (κ3) is 1.64. The highest BCUT2D eigenvalue weighted by Gasteiger charge is 2.14. The fraction of sp³-hybridized carbons (Fsp3) is 0.158. The molecule has 0 amide bonds. The van der Waals surface area contributed by atoms with E-state index in [-0.39, 0.29) is 0 Å². The van der Waals surface area contributed by atoms with Gasteiger partial charge in [0.1, 0.15) is 6.54 Å². The zero-order chi connectivity index (χ0) is 15.3. The fourth-order valence-electron chi connectivity index (χ4n) is 3.34. The average Bonchev–Trinajstić information content (AvgIpc) is 2.93. The molecule has 0 atom stereocenters. The molecule has 2 aromatic carbocycles. The van der Waals surface area contributed by atoms with Crippen LogP contribution in [0.1, 0.15) is 11.1 Å². The Balaban J connectivity index is 2.22. The molecule has 0 saturated heterocycles. The van der Waals surface area contributed by atoms with E-state index in [1.54, 1.807) is 0 Å².